The van der Waals surface area contributed by atoms with Crippen molar-refractivity contribution in [2.45, 2.75) is 58.5 Å². The Balaban J connectivity index is 1.35. The number of thiophene rings is 1. The van der Waals surface area contributed by atoms with Gasteiger partial charge in [0.2, 0.25) is 10.0 Å². The fourth-order valence-electron chi connectivity index (χ4n) is 6.18. The molecule has 0 atom stereocenters. The lowest BCUT2D eigenvalue weighted by atomic mass is 10.1. The molecule has 220 valence electrons. The van der Waals surface area contributed by atoms with E-state index in [2.05, 4.69) is 64.1 Å². The summed E-state index contributed by atoms with van der Waals surface area (Å²) in [6, 6.07) is 30.7. The molecule has 0 saturated carbocycles. The van der Waals surface area contributed by atoms with Gasteiger partial charge in [0.1, 0.15) is 6.54 Å². The third-order valence-electron chi connectivity index (χ3n) is 8.60. The average molecular weight is 600 g/mol. The van der Waals surface area contributed by atoms with Gasteiger partial charge in [0, 0.05) is 28.2 Å². The molecule has 0 bridgehead atoms. The number of aryl methyl sites for hydroxylation is 2. The molecule has 1 heterocycles. The van der Waals surface area contributed by atoms with Crippen LogP contribution in [0.1, 0.15) is 48.3 Å². The van der Waals surface area contributed by atoms with Crippen LogP contribution in [0.15, 0.2) is 95.9 Å². The molecule has 1 aromatic heterocycles. The van der Waals surface area contributed by atoms with Crippen molar-refractivity contribution in [2.24, 2.45) is 0 Å². The van der Waals surface area contributed by atoms with Crippen LogP contribution in [-0.2, 0) is 23.1 Å². The number of benzene rings is 4. The highest BCUT2D eigenvalue weighted by molar-refractivity contribution is 7.89. The van der Waals surface area contributed by atoms with Crippen LogP contribution in [-0.4, -0.2) is 43.4 Å². The Kier molecular flexibility index (Phi) is 9.48. The van der Waals surface area contributed by atoms with E-state index >= 15 is 0 Å². The van der Waals surface area contributed by atoms with Crippen molar-refractivity contribution in [2.75, 3.05) is 26.2 Å². The number of hydrogen-bond acceptors (Lipinski definition) is 3. The van der Waals surface area contributed by atoms with Crippen LogP contribution >= 0.6 is 11.3 Å². The van der Waals surface area contributed by atoms with Crippen LogP contribution in [0.3, 0.4) is 0 Å². The first kappa shape index (κ1) is 30.4. The van der Waals surface area contributed by atoms with Gasteiger partial charge < -0.3 is 4.48 Å². The maximum Gasteiger partial charge on any atom is 0.243 e. The van der Waals surface area contributed by atoms with Crippen molar-refractivity contribution in [3.05, 3.63) is 113 Å². The number of unbranched alkanes of at least 4 members (excludes halogenated alkanes) is 1. The third-order valence-corrected chi connectivity index (χ3v) is 11.5. The number of rotatable bonds is 13. The molecule has 6 heteroatoms. The predicted octanol–water partition coefficient (Wildman–Crippen LogP) is 8.70. The zero-order valence-corrected chi connectivity index (χ0v) is 27.0. The van der Waals surface area contributed by atoms with E-state index in [0.29, 0.717) is 18.0 Å². The molecular formula is C36H43N2O2S2+. The molecule has 0 N–H and O–H groups in total. The van der Waals surface area contributed by atoms with Crippen molar-refractivity contribution in [1.82, 2.24) is 4.31 Å². The number of quaternary nitrogens is 1. The third kappa shape index (κ3) is 6.95. The summed E-state index contributed by atoms with van der Waals surface area (Å²) in [5, 5.41) is 3.16. The van der Waals surface area contributed by atoms with Gasteiger partial charge >= 0.3 is 0 Å². The van der Waals surface area contributed by atoms with Gasteiger partial charge in [-0.15, -0.1) is 11.3 Å². The molecule has 0 aliphatic heterocycles. The second-order valence-corrected chi connectivity index (χ2v) is 14.8. The van der Waals surface area contributed by atoms with E-state index in [0.717, 1.165) is 59.2 Å². The zero-order valence-electron chi connectivity index (χ0n) is 25.3. The Hall–Kier alpha value is -3.03. The van der Waals surface area contributed by atoms with Gasteiger partial charge in [0.25, 0.3) is 0 Å². The van der Waals surface area contributed by atoms with Crippen molar-refractivity contribution >= 4 is 42.2 Å². The Morgan fingerprint density at radius 3 is 2.10 bits per heavy atom. The zero-order chi connectivity index (χ0) is 29.7. The molecule has 0 spiro atoms. The minimum atomic E-state index is -3.68. The van der Waals surface area contributed by atoms with Crippen molar-refractivity contribution < 1.29 is 12.9 Å². The molecule has 4 aromatic carbocycles. The normalized spacial score (nSPS) is 12.5. The SMILES string of the molecule is CC[N+](CC)(CCCCN(Cc1cc2ccccc2s1)S(=O)(=O)c1ccc2ccccc2c1)Cc1cc(C)cc(C)c1. The average Bonchev–Trinajstić information content (AvgIpc) is 3.40. The highest BCUT2D eigenvalue weighted by atomic mass is 32.2. The van der Waals surface area contributed by atoms with Crippen molar-refractivity contribution in [3.8, 4) is 0 Å². The minimum absolute atomic E-state index is 0.365. The van der Waals surface area contributed by atoms with Crippen LogP contribution < -0.4 is 0 Å². The number of nitrogens with zero attached hydrogens (tertiary/aromatic N) is 2. The van der Waals surface area contributed by atoms with E-state index < -0.39 is 10.0 Å². The summed E-state index contributed by atoms with van der Waals surface area (Å²) in [4.78, 5) is 1.44. The summed E-state index contributed by atoms with van der Waals surface area (Å²) in [6.45, 7) is 14.0. The first-order valence-corrected chi connectivity index (χ1v) is 17.4. The highest BCUT2D eigenvalue weighted by Gasteiger charge is 2.27. The first-order valence-electron chi connectivity index (χ1n) is 15.1. The molecule has 0 saturated heterocycles. The summed E-state index contributed by atoms with van der Waals surface area (Å²) in [5.41, 5.74) is 4.01. The lowest BCUT2D eigenvalue weighted by molar-refractivity contribution is -0.938. The molecule has 0 radical (unpaired) electrons. The van der Waals surface area contributed by atoms with Gasteiger partial charge in [0.15, 0.2) is 0 Å². The number of fused-ring (bicyclic) bond motifs is 2. The van der Waals surface area contributed by atoms with E-state index in [4.69, 9.17) is 0 Å². The van der Waals surface area contributed by atoms with Crippen LogP contribution in [0, 0.1) is 13.8 Å². The Labute approximate surface area is 255 Å². The van der Waals surface area contributed by atoms with Gasteiger partial charge in [0.05, 0.1) is 24.5 Å². The number of hydrogen-bond donors (Lipinski definition) is 0. The number of sulfonamides is 1. The monoisotopic (exact) mass is 599 g/mol. The van der Waals surface area contributed by atoms with E-state index in [1.165, 1.54) is 26.8 Å². The van der Waals surface area contributed by atoms with Gasteiger partial charge in [-0.1, -0.05) is 77.9 Å². The fourth-order valence-corrected chi connectivity index (χ4v) is 8.83. The molecule has 5 aromatic rings. The van der Waals surface area contributed by atoms with Gasteiger partial charge in [-0.05, 0) is 81.0 Å². The minimum Gasteiger partial charge on any atom is -0.320 e. The van der Waals surface area contributed by atoms with Gasteiger partial charge in [-0.25, -0.2) is 8.42 Å². The molecule has 5 rings (SSSR count). The smallest absolute Gasteiger partial charge is 0.243 e. The van der Waals surface area contributed by atoms with E-state index in [1.54, 1.807) is 21.7 Å². The van der Waals surface area contributed by atoms with E-state index in [-0.39, 0.29) is 0 Å². The van der Waals surface area contributed by atoms with E-state index in [1.807, 2.05) is 48.5 Å². The molecule has 0 unspecified atom stereocenters. The Morgan fingerprint density at radius 1 is 0.738 bits per heavy atom. The van der Waals surface area contributed by atoms with Crippen LogP contribution in [0.5, 0.6) is 0 Å². The van der Waals surface area contributed by atoms with Crippen molar-refractivity contribution in [1.29, 1.82) is 0 Å². The van der Waals surface area contributed by atoms with Crippen molar-refractivity contribution in [3.63, 3.8) is 0 Å². The molecule has 42 heavy (non-hydrogen) atoms. The van der Waals surface area contributed by atoms with Gasteiger partial charge in [-0.3, -0.25) is 0 Å². The highest BCUT2D eigenvalue weighted by Crippen LogP contribution is 2.29. The second-order valence-electron chi connectivity index (χ2n) is 11.7. The Morgan fingerprint density at radius 2 is 1.40 bits per heavy atom. The van der Waals surface area contributed by atoms with Crippen LogP contribution in [0.25, 0.3) is 20.9 Å². The van der Waals surface area contributed by atoms with Gasteiger partial charge in [-0.2, -0.15) is 4.31 Å². The maximum atomic E-state index is 14.1. The van der Waals surface area contributed by atoms with E-state index in [9.17, 15) is 8.42 Å². The summed E-state index contributed by atoms with van der Waals surface area (Å²) in [6.07, 6.45) is 1.80. The summed E-state index contributed by atoms with van der Waals surface area (Å²) >= 11 is 1.68. The molecule has 0 aliphatic carbocycles. The molecule has 0 fully saturated rings. The summed E-state index contributed by atoms with van der Waals surface area (Å²) in [5.74, 6) is 0. The standard InChI is InChI=1S/C36H43N2O2S2/c1-5-38(6-2,27-30-22-28(3)21-29(4)23-30)20-12-11-19-37(26-34-24-33-15-9-10-16-36(33)41-34)42(39,40)35-18-17-31-13-7-8-14-32(31)25-35/h7-10,13-18,21-25H,5-6,11-12,19-20,26-27H2,1-4H3/q+1. The summed E-state index contributed by atoms with van der Waals surface area (Å²) in [7, 11) is -3.68. The predicted molar refractivity (Wildman–Crippen MR) is 178 cm³/mol. The molecule has 0 amide bonds. The molecule has 0 aliphatic rings. The quantitative estimate of drug-likeness (QED) is 0.100. The lowest BCUT2D eigenvalue weighted by Crippen LogP contribution is -2.47. The first-order chi connectivity index (χ1) is 20.2. The molecule has 4 nitrogen and oxygen atoms in total. The summed E-state index contributed by atoms with van der Waals surface area (Å²) < 4.78 is 32.2. The molecular weight excluding hydrogens is 557 g/mol. The largest absolute Gasteiger partial charge is 0.320 e. The van der Waals surface area contributed by atoms with Crippen LogP contribution in [0.4, 0.5) is 0 Å². The second kappa shape index (κ2) is 13.1. The lowest BCUT2D eigenvalue weighted by Gasteiger charge is -2.37. The van der Waals surface area contributed by atoms with Crippen LogP contribution in [0.2, 0.25) is 0 Å². The maximum absolute atomic E-state index is 14.1. The Bertz CT molecular complexity index is 1720. The topological polar surface area (TPSA) is 37.4 Å². The fraction of sp³-hybridized carbons (Fsp3) is 0.333.